The van der Waals surface area contributed by atoms with Crippen LogP contribution in [0.2, 0.25) is 0 Å². The van der Waals surface area contributed by atoms with Crippen molar-refractivity contribution >= 4 is 11.9 Å². The van der Waals surface area contributed by atoms with E-state index < -0.39 is 23.9 Å². The van der Waals surface area contributed by atoms with Crippen molar-refractivity contribution in [1.82, 2.24) is 15.0 Å². The van der Waals surface area contributed by atoms with Crippen LogP contribution in [0.25, 0.3) is 11.3 Å². The number of nitrogens with zero attached hydrogens (tertiary/aromatic N) is 4. The number of halogens is 2. The van der Waals surface area contributed by atoms with Crippen LogP contribution in [0.4, 0.5) is 8.78 Å². The summed E-state index contributed by atoms with van der Waals surface area (Å²) in [6.45, 7) is -0.839. The van der Waals surface area contributed by atoms with Crippen LogP contribution in [0.5, 0.6) is 0 Å². The van der Waals surface area contributed by atoms with Crippen molar-refractivity contribution in [2.45, 2.75) is 12.2 Å². The number of pyridine rings is 1. The summed E-state index contributed by atoms with van der Waals surface area (Å²) < 4.78 is 33.0. The lowest BCUT2D eigenvalue weighted by Gasteiger charge is -2.26. The van der Waals surface area contributed by atoms with Crippen molar-refractivity contribution in [3.63, 3.8) is 0 Å². The number of nitrogens with two attached hydrogens (primary N) is 1. The molecule has 7 nitrogen and oxygen atoms in total. The summed E-state index contributed by atoms with van der Waals surface area (Å²) in [6, 6.07) is 10.3. The van der Waals surface area contributed by atoms with Gasteiger partial charge in [0.2, 0.25) is 5.54 Å². The van der Waals surface area contributed by atoms with E-state index in [4.69, 9.17) is 10.3 Å². The molecule has 0 spiro atoms. The minimum absolute atomic E-state index is 0.0613. The normalized spacial score (nSPS) is 19.2. The first-order valence-corrected chi connectivity index (χ1v) is 8.34. The van der Waals surface area contributed by atoms with Crippen LogP contribution >= 0.6 is 0 Å². The molecule has 0 bridgehead atoms. The van der Waals surface area contributed by atoms with Gasteiger partial charge in [-0.1, -0.05) is 11.2 Å². The second-order valence-electron chi connectivity index (χ2n) is 6.27. The van der Waals surface area contributed by atoms with Gasteiger partial charge in [0.05, 0.1) is 11.4 Å². The first kappa shape index (κ1) is 17.8. The third kappa shape index (κ3) is 2.55. The molecule has 3 aromatic rings. The molecular formula is C19H15F2N5O2. The summed E-state index contributed by atoms with van der Waals surface area (Å²) in [6.07, 6.45) is 1.38. The van der Waals surface area contributed by atoms with Gasteiger partial charge in [-0.2, -0.15) is 0 Å². The lowest BCUT2D eigenvalue weighted by Crippen LogP contribution is -2.42. The number of aliphatic imine (C=N–C) groups is 1. The van der Waals surface area contributed by atoms with Gasteiger partial charge in [-0.05, 0) is 30.3 Å². The van der Waals surface area contributed by atoms with Gasteiger partial charge in [0.25, 0.3) is 5.91 Å². The topological polar surface area (TPSA) is 97.6 Å². The smallest absolute Gasteiger partial charge is 0.268 e. The molecule has 1 amide bonds. The zero-order valence-corrected chi connectivity index (χ0v) is 14.8. The van der Waals surface area contributed by atoms with E-state index in [9.17, 15) is 13.6 Å². The molecule has 9 heteroatoms. The van der Waals surface area contributed by atoms with Crippen LogP contribution in [0.3, 0.4) is 0 Å². The van der Waals surface area contributed by atoms with Crippen molar-refractivity contribution in [1.29, 1.82) is 0 Å². The van der Waals surface area contributed by atoms with Crippen molar-refractivity contribution in [3.8, 4) is 11.3 Å². The predicted molar refractivity (Wildman–Crippen MR) is 96.1 cm³/mol. The van der Waals surface area contributed by atoms with E-state index in [1.165, 1.54) is 49.7 Å². The number of rotatable bonds is 4. The van der Waals surface area contributed by atoms with Gasteiger partial charge in [-0.3, -0.25) is 14.7 Å². The van der Waals surface area contributed by atoms with E-state index in [1.54, 1.807) is 6.07 Å². The fourth-order valence-corrected chi connectivity index (χ4v) is 3.20. The van der Waals surface area contributed by atoms with Gasteiger partial charge in [-0.15, -0.1) is 0 Å². The molecule has 2 aromatic heterocycles. The molecule has 0 saturated heterocycles. The highest BCUT2D eigenvalue weighted by atomic mass is 19.1. The van der Waals surface area contributed by atoms with Crippen molar-refractivity contribution in [3.05, 3.63) is 71.5 Å². The molecule has 142 valence electrons. The van der Waals surface area contributed by atoms with Gasteiger partial charge >= 0.3 is 0 Å². The lowest BCUT2D eigenvalue weighted by atomic mass is 9.84. The van der Waals surface area contributed by atoms with Crippen molar-refractivity contribution in [2.75, 3.05) is 7.05 Å². The van der Waals surface area contributed by atoms with E-state index in [2.05, 4.69) is 15.1 Å². The quantitative estimate of drug-likeness (QED) is 0.746. The second-order valence-corrected chi connectivity index (χ2v) is 6.27. The highest BCUT2D eigenvalue weighted by Gasteiger charge is 2.52. The zero-order valence-electron chi connectivity index (χ0n) is 14.8. The Morgan fingerprint density at radius 2 is 2.07 bits per heavy atom. The maximum Gasteiger partial charge on any atom is 0.268 e. The summed E-state index contributed by atoms with van der Waals surface area (Å²) in [4.78, 5) is 22.8. The number of alkyl halides is 1. The van der Waals surface area contributed by atoms with Gasteiger partial charge < -0.3 is 10.3 Å². The van der Waals surface area contributed by atoms with Crippen LogP contribution in [-0.2, 0) is 17.0 Å². The number of likely N-dealkylation sites (N-methyl/N-ethyl adjacent to an activating group) is 1. The summed E-state index contributed by atoms with van der Waals surface area (Å²) in [5, 5.41) is 3.84. The first-order valence-electron chi connectivity index (χ1n) is 8.34. The van der Waals surface area contributed by atoms with E-state index in [1.807, 2.05) is 0 Å². The molecule has 28 heavy (non-hydrogen) atoms. The Morgan fingerprint density at radius 3 is 2.71 bits per heavy atom. The molecule has 1 aromatic carbocycles. The van der Waals surface area contributed by atoms with Crippen LogP contribution in [0.1, 0.15) is 17.0 Å². The summed E-state index contributed by atoms with van der Waals surface area (Å²) in [7, 11) is 1.43. The maximum absolute atomic E-state index is 15.0. The standard InChI is InChI=1S/C19H15F2N5O2/c1-26-17(27)19(24-18(26)22,16-4-2-3-12(10-20)23-16)13-9-11(5-6-14(13)21)15-7-8-28-25-15/h2-9H,10H2,1H3,(H2,22,24). The Bertz CT molecular complexity index is 1080. The average Bonchev–Trinajstić information content (AvgIpc) is 3.32. The summed E-state index contributed by atoms with van der Waals surface area (Å²) in [5.41, 5.74) is 5.10. The fraction of sp³-hybridized carbons (Fsp3) is 0.158. The number of guanidine groups is 1. The van der Waals surface area contributed by atoms with E-state index in [-0.39, 0.29) is 22.9 Å². The van der Waals surface area contributed by atoms with Crippen LogP contribution in [0.15, 0.2) is 58.2 Å². The molecule has 1 unspecified atom stereocenters. The molecule has 2 N–H and O–H groups in total. The molecular weight excluding hydrogens is 368 g/mol. The Balaban J connectivity index is 2.01. The number of hydrogen-bond donors (Lipinski definition) is 1. The third-order valence-electron chi connectivity index (χ3n) is 4.64. The Labute approximate surface area is 158 Å². The number of carbonyl (C=O) groups excluding carboxylic acids is 1. The Hall–Kier alpha value is -3.62. The number of amides is 1. The Kier molecular flexibility index (Phi) is 4.14. The fourth-order valence-electron chi connectivity index (χ4n) is 3.20. The van der Waals surface area contributed by atoms with Gasteiger partial charge in [0.1, 0.15) is 24.4 Å². The van der Waals surface area contributed by atoms with Crippen LogP contribution in [0, 0.1) is 5.82 Å². The monoisotopic (exact) mass is 383 g/mol. The SMILES string of the molecule is CN1C(=O)C(c2cccc(CF)n2)(c2cc(-c3ccon3)ccc2F)N=C1N. The number of carbonyl (C=O) groups is 1. The molecule has 0 saturated carbocycles. The number of benzene rings is 1. The highest BCUT2D eigenvalue weighted by molar-refractivity contribution is 6.08. The second kappa shape index (κ2) is 6.52. The number of hydrogen-bond acceptors (Lipinski definition) is 6. The van der Waals surface area contributed by atoms with Crippen LogP contribution < -0.4 is 5.73 Å². The molecule has 3 heterocycles. The minimum atomic E-state index is -1.87. The maximum atomic E-state index is 15.0. The largest absolute Gasteiger partial charge is 0.369 e. The molecule has 0 radical (unpaired) electrons. The van der Waals surface area contributed by atoms with Crippen LogP contribution in [-0.4, -0.2) is 34.0 Å². The first-order chi connectivity index (χ1) is 13.5. The lowest BCUT2D eigenvalue weighted by molar-refractivity contribution is -0.129. The molecule has 1 aliphatic heterocycles. The van der Waals surface area contributed by atoms with Gasteiger partial charge in [0, 0.05) is 24.2 Å². The van der Waals surface area contributed by atoms with E-state index in [0.717, 1.165) is 4.90 Å². The van der Waals surface area contributed by atoms with E-state index >= 15 is 0 Å². The van der Waals surface area contributed by atoms with Crippen molar-refractivity contribution in [2.24, 2.45) is 10.7 Å². The molecule has 0 aliphatic carbocycles. The molecule has 4 rings (SSSR count). The minimum Gasteiger partial charge on any atom is -0.369 e. The number of aromatic nitrogens is 2. The van der Waals surface area contributed by atoms with Gasteiger partial charge in [0.15, 0.2) is 5.96 Å². The van der Waals surface area contributed by atoms with E-state index in [0.29, 0.717) is 11.3 Å². The average molecular weight is 383 g/mol. The van der Waals surface area contributed by atoms with Crippen molar-refractivity contribution < 1.29 is 18.1 Å². The third-order valence-corrected chi connectivity index (χ3v) is 4.64. The van der Waals surface area contributed by atoms with Gasteiger partial charge in [-0.25, -0.2) is 13.8 Å². The molecule has 0 fully saturated rings. The summed E-state index contributed by atoms with van der Waals surface area (Å²) in [5.74, 6) is -1.37. The molecule has 1 aliphatic rings. The predicted octanol–water partition coefficient (Wildman–Crippen LogP) is 2.38. The Morgan fingerprint density at radius 1 is 1.25 bits per heavy atom. The summed E-state index contributed by atoms with van der Waals surface area (Å²) >= 11 is 0. The highest BCUT2D eigenvalue weighted by Crippen LogP contribution is 2.41. The zero-order chi connectivity index (χ0) is 19.9. The molecule has 1 atom stereocenters.